The molecule has 0 N–H and O–H groups in total. The highest BCUT2D eigenvalue weighted by Gasteiger charge is 2.30. The van der Waals surface area contributed by atoms with Crippen LogP contribution in [0.15, 0.2) is 18.3 Å². The molecule has 1 fully saturated rings. The van der Waals surface area contributed by atoms with E-state index in [-0.39, 0.29) is 0 Å². The van der Waals surface area contributed by atoms with Gasteiger partial charge in [-0.3, -0.25) is 4.68 Å². The van der Waals surface area contributed by atoms with Crippen molar-refractivity contribution >= 4 is 5.82 Å². The first-order chi connectivity index (χ1) is 11.7. The van der Waals surface area contributed by atoms with Gasteiger partial charge < -0.3 is 9.64 Å². The number of hydrogen-bond donors (Lipinski definition) is 0. The van der Waals surface area contributed by atoms with E-state index >= 15 is 0 Å². The zero-order chi connectivity index (χ0) is 16.5. The molecule has 2 aliphatic rings. The minimum atomic E-state index is 0.295. The standard InChI is InChI=1S/C18H25N5O/c1-3-23-10-15-8-22(17-7-4-13(2)19-20-17)9-16(18(15)21-23)12-24-11-14-5-6-14/h4,7,10,14,16H,3,5-6,8-9,11-12H2,1-2H3/t16-/m1/s1. The van der Waals surface area contributed by atoms with Gasteiger partial charge in [-0.15, -0.1) is 5.10 Å². The number of fused-ring (bicyclic) bond motifs is 1. The maximum atomic E-state index is 5.99. The minimum Gasteiger partial charge on any atom is -0.380 e. The summed E-state index contributed by atoms with van der Waals surface area (Å²) in [5.41, 5.74) is 3.43. The minimum absolute atomic E-state index is 0.295. The summed E-state index contributed by atoms with van der Waals surface area (Å²) < 4.78 is 8.02. The van der Waals surface area contributed by atoms with E-state index in [1.165, 1.54) is 24.1 Å². The maximum absolute atomic E-state index is 5.99. The molecule has 0 bridgehead atoms. The molecule has 128 valence electrons. The van der Waals surface area contributed by atoms with Crippen molar-refractivity contribution in [2.45, 2.75) is 45.7 Å². The number of aryl methyl sites for hydroxylation is 2. The molecule has 1 aliphatic carbocycles. The molecule has 1 atom stereocenters. The van der Waals surface area contributed by atoms with Crippen molar-refractivity contribution in [3.8, 4) is 0 Å². The Balaban J connectivity index is 1.54. The fourth-order valence-electron chi connectivity index (χ4n) is 3.26. The highest BCUT2D eigenvalue weighted by atomic mass is 16.5. The summed E-state index contributed by atoms with van der Waals surface area (Å²) in [7, 11) is 0. The lowest BCUT2D eigenvalue weighted by Crippen LogP contribution is -2.36. The molecule has 6 nitrogen and oxygen atoms in total. The third-order valence-corrected chi connectivity index (χ3v) is 4.86. The van der Waals surface area contributed by atoms with Crippen LogP contribution in [0.5, 0.6) is 0 Å². The lowest BCUT2D eigenvalue weighted by molar-refractivity contribution is 0.109. The van der Waals surface area contributed by atoms with Gasteiger partial charge in [0.05, 0.1) is 18.0 Å². The molecule has 0 saturated heterocycles. The van der Waals surface area contributed by atoms with E-state index in [0.29, 0.717) is 5.92 Å². The molecule has 0 amide bonds. The number of aromatic nitrogens is 4. The summed E-state index contributed by atoms with van der Waals surface area (Å²) in [6.45, 7) is 8.34. The Morgan fingerprint density at radius 2 is 2.08 bits per heavy atom. The SMILES string of the molecule is CCn1cc2c(n1)[C@@H](COCC1CC1)CN(c1ccc(C)nn1)C2. The lowest BCUT2D eigenvalue weighted by atomic mass is 9.97. The van der Waals surface area contributed by atoms with Crippen LogP contribution in [0.25, 0.3) is 0 Å². The van der Waals surface area contributed by atoms with Crippen LogP contribution in [0.1, 0.15) is 42.6 Å². The Morgan fingerprint density at radius 3 is 2.79 bits per heavy atom. The molecule has 0 unspecified atom stereocenters. The van der Waals surface area contributed by atoms with Gasteiger partial charge in [0.15, 0.2) is 5.82 Å². The fourth-order valence-corrected chi connectivity index (χ4v) is 3.26. The van der Waals surface area contributed by atoms with Crippen molar-refractivity contribution in [2.75, 3.05) is 24.7 Å². The quantitative estimate of drug-likeness (QED) is 0.816. The first-order valence-corrected chi connectivity index (χ1v) is 8.92. The first-order valence-electron chi connectivity index (χ1n) is 8.92. The van der Waals surface area contributed by atoms with Gasteiger partial charge in [-0.05, 0) is 44.7 Å². The maximum Gasteiger partial charge on any atom is 0.151 e. The highest BCUT2D eigenvalue weighted by Crippen LogP contribution is 2.32. The van der Waals surface area contributed by atoms with Gasteiger partial charge in [-0.1, -0.05) is 0 Å². The average Bonchev–Trinajstić information content (AvgIpc) is 3.31. The van der Waals surface area contributed by atoms with Crippen molar-refractivity contribution in [1.82, 2.24) is 20.0 Å². The van der Waals surface area contributed by atoms with Gasteiger partial charge in [0.2, 0.25) is 0 Å². The zero-order valence-corrected chi connectivity index (χ0v) is 14.5. The molecule has 3 heterocycles. The molecular weight excluding hydrogens is 302 g/mol. The Hall–Kier alpha value is -1.95. The Morgan fingerprint density at radius 1 is 1.21 bits per heavy atom. The van der Waals surface area contributed by atoms with Crippen LogP contribution < -0.4 is 4.90 Å². The number of hydrogen-bond acceptors (Lipinski definition) is 5. The molecule has 0 spiro atoms. The van der Waals surface area contributed by atoms with E-state index in [9.17, 15) is 0 Å². The Kier molecular flexibility index (Phi) is 4.22. The summed E-state index contributed by atoms with van der Waals surface area (Å²) in [6.07, 6.45) is 4.81. The number of ether oxygens (including phenoxy) is 1. The predicted molar refractivity (Wildman–Crippen MR) is 92.0 cm³/mol. The number of rotatable bonds is 6. The Labute approximate surface area is 142 Å². The predicted octanol–water partition coefficient (Wildman–Crippen LogP) is 2.53. The third-order valence-electron chi connectivity index (χ3n) is 4.86. The van der Waals surface area contributed by atoms with Gasteiger partial charge in [0.25, 0.3) is 0 Å². The van der Waals surface area contributed by atoms with Crippen LogP contribution in [0, 0.1) is 12.8 Å². The van der Waals surface area contributed by atoms with Crippen LogP contribution in [0.4, 0.5) is 5.82 Å². The first kappa shape index (κ1) is 15.6. The largest absolute Gasteiger partial charge is 0.380 e. The van der Waals surface area contributed by atoms with Crippen LogP contribution in [0.2, 0.25) is 0 Å². The summed E-state index contributed by atoms with van der Waals surface area (Å²) >= 11 is 0. The molecule has 6 heteroatoms. The van der Waals surface area contributed by atoms with E-state index in [4.69, 9.17) is 9.84 Å². The van der Waals surface area contributed by atoms with E-state index in [1.807, 2.05) is 17.7 Å². The zero-order valence-electron chi connectivity index (χ0n) is 14.5. The molecule has 4 rings (SSSR count). The summed E-state index contributed by atoms with van der Waals surface area (Å²) in [5, 5.41) is 13.3. The second-order valence-electron chi connectivity index (χ2n) is 6.99. The van der Waals surface area contributed by atoms with Crippen LogP contribution in [0.3, 0.4) is 0 Å². The summed E-state index contributed by atoms with van der Waals surface area (Å²) in [5.74, 6) is 2.02. The lowest BCUT2D eigenvalue weighted by Gasteiger charge is -2.32. The second kappa shape index (κ2) is 6.51. The van der Waals surface area contributed by atoms with Crippen molar-refractivity contribution in [3.63, 3.8) is 0 Å². The van der Waals surface area contributed by atoms with Crippen LogP contribution >= 0.6 is 0 Å². The van der Waals surface area contributed by atoms with Gasteiger partial charge >= 0.3 is 0 Å². The topological polar surface area (TPSA) is 56.1 Å². The van der Waals surface area contributed by atoms with Gasteiger partial charge in [0, 0.05) is 43.9 Å². The molecule has 1 saturated carbocycles. The summed E-state index contributed by atoms with van der Waals surface area (Å²) in [4.78, 5) is 2.29. The van der Waals surface area contributed by atoms with Gasteiger partial charge in [0.1, 0.15) is 0 Å². The average molecular weight is 327 g/mol. The smallest absolute Gasteiger partial charge is 0.151 e. The third kappa shape index (κ3) is 3.29. The van der Waals surface area contributed by atoms with Crippen molar-refractivity contribution < 1.29 is 4.74 Å². The highest BCUT2D eigenvalue weighted by molar-refractivity contribution is 5.43. The fraction of sp³-hybridized carbons (Fsp3) is 0.611. The normalized spacial score (nSPS) is 20.2. The number of anilines is 1. The molecule has 0 aromatic carbocycles. The monoisotopic (exact) mass is 327 g/mol. The summed E-state index contributed by atoms with van der Waals surface area (Å²) in [6, 6.07) is 4.08. The second-order valence-corrected chi connectivity index (χ2v) is 6.99. The van der Waals surface area contributed by atoms with Crippen molar-refractivity contribution in [1.29, 1.82) is 0 Å². The molecule has 0 radical (unpaired) electrons. The van der Waals surface area contributed by atoms with Crippen molar-refractivity contribution in [2.24, 2.45) is 5.92 Å². The van der Waals surface area contributed by atoms with E-state index in [1.54, 1.807) is 0 Å². The molecule has 2 aromatic rings. The molecule has 2 aromatic heterocycles. The van der Waals surface area contributed by atoms with Crippen LogP contribution in [-0.4, -0.2) is 39.7 Å². The van der Waals surface area contributed by atoms with E-state index in [2.05, 4.69) is 34.3 Å². The van der Waals surface area contributed by atoms with Gasteiger partial charge in [-0.25, -0.2) is 0 Å². The Bertz CT molecular complexity index is 692. The molecule has 1 aliphatic heterocycles. The molecule has 24 heavy (non-hydrogen) atoms. The van der Waals surface area contributed by atoms with Gasteiger partial charge in [-0.2, -0.15) is 10.2 Å². The molecular formula is C18H25N5O. The van der Waals surface area contributed by atoms with Crippen LogP contribution in [-0.2, 0) is 17.8 Å². The van der Waals surface area contributed by atoms with E-state index < -0.39 is 0 Å². The van der Waals surface area contributed by atoms with E-state index in [0.717, 1.165) is 50.3 Å². The number of nitrogens with zero attached hydrogens (tertiary/aromatic N) is 5. The van der Waals surface area contributed by atoms with Crippen molar-refractivity contribution in [3.05, 3.63) is 35.3 Å².